The molecule has 1 heterocycles. The molecule has 18 heavy (non-hydrogen) atoms. The topological polar surface area (TPSA) is 37.8 Å². The second kappa shape index (κ2) is 5.47. The van der Waals surface area contributed by atoms with Crippen molar-refractivity contribution in [2.45, 2.75) is 29.5 Å². The molecule has 0 radical (unpaired) electrons. The van der Waals surface area contributed by atoms with E-state index in [1.165, 1.54) is 29.3 Å². The largest absolute Gasteiger partial charge is 0.358 e. The molecule has 3 rings (SSSR count). The van der Waals surface area contributed by atoms with Crippen LogP contribution in [0.2, 0.25) is 5.02 Å². The summed E-state index contributed by atoms with van der Waals surface area (Å²) in [7, 11) is 0. The fraction of sp³-hybridized carbons (Fsp3) is 0.333. The Labute approximate surface area is 119 Å². The van der Waals surface area contributed by atoms with E-state index in [1.54, 1.807) is 11.8 Å². The molecule has 1 saturated carbocycles. The molecule has 0 bridgehead atoms. The van der Waals surface area contributed by atoms with Crippen LogP contribution in [0.15, 0.2) is 29.2 Å². The minimum atomic E-state index is 0.634. The SMILES string of the molecule is Clc1ccc(SCc2nsc(NC3CC3)n2)cc1. The van der Waals surface area contributed by atoms with Gasteiger partial charge in [0.2, 0.25) is 5.13 Å². The molecule has 1 fully saturated rings. The van der Waals surface area contributed by atoms with E-state index in [9.17, 15) is 0 Å². The van der Waals surface area contributed by atoms with Crippen molar-refractivity contribution < 1.29 is 0 Å². The Morgan fingerprint density at radius 1 is 1.33 bits per heavy atom. The number of benzene rings is 1. The lowest BCUT2D eigenvalue weighted by molar-refractivity contribution is 1.09. The van der Waals surface area contributed by atoms with E-state index in [0.717, 1.165) is 21.7 Å². The Morgan fingerprint density at radius 2 is 2.11 bits per heavy atom. The summed E-state index contributed by atoms with van der Waals surface area (Å²) in [5.74, 6) is 1.69. The summed E-state index contributed by atoms with van der Waals surface area (Å²) in [5, 5.41) is 5.07. The van der Waals surface area contributed by atoms with Gasteiger partial charge in [0, 0.05) is 27.5 Å². The number of hydrogen-bond donors (Lipinski definition) is 1. The van der Waals surface area contributed by atoms with Crippen LogP contribution >= 0.6 is 34.9 Å². The second-order valence-corrected chi connectivity index (χ2v) is 6.41. The molecule has 2 aromatic rings. The van der Waals surface area contributed by atoms with Crippen LogP contribution in [0.4, 0.5) is 5.13 Å². The van der Waals surface area contributed by atoms with E-state index in [1.807, 2.05) is 24.3 Å². The quantitative estimate of drug-likeness (QED) is 0.845. The summed E-state index contributed by atoms with van der Waals surface area (Å²) in [6.45, 7) is 0. The Bertz CT molecular complexity index is 522. The van der Waals surface area contributed by atoms with Crippen LogP contribution in [0.5, 0.6) is 0 Å². The lowest BCUT2D eigenvalue weighted by Crippen LogP contribution is -1.99. The summed E-state index contributed by atoms with van der Waals surface area (Å²) in [4.78, 5) is 5.66. The highest BCUT2D eigenvalue weighted by atomic mass is 35.5. The predicted octanol–water partition coefficient (Wildman–Crippen LogP) is 4.06. The van der Waals surface area contributed by atoms with Crippen molar-refractivity contribution in [1.29, 1.82) is 0 Å². The van der Waals surface area contributed by atoms with E-state index in [-0.39, 0.29) is 0 Å². The number of rotatable bonds is 5. The number of halogens is 1. The molecule has 1 aromatic carbocycles. The molecule has 0 saturated heterocycles. The summed E-state index contributed by atoms with van der Waals surface area (Å²) < 4.78 is 4.35. The number of nitrogens with zero attached hydrogens (tertiary/aromatic N) is 2. The zero-order valence-corrected chi connectivity index (χ0v) is 12.0. The van der Waals surface area contributed by atoms with Gasteiger partial charge in [0.05, 0.1) is 5.75 Å². The minimum absolute atomic E-state index is 0.634. The normalized spacial score (nSPS) is 14.7. The van der Waals surface area contributed by atoms with Gasteiger partial charge >= 0.3 is 0 Å². The first-order valence-electron chi connectivity index (χ1n) is 5.77. The van der Waals surface area contributed by atoms with Gasteiger partial charge in [-0.1, -0.05) is 11.6 Å². The molecular weight excluding hydrogens is 286 g/mol. The van der Waals surface area contributed by atoms with Gasteiger partial charge in [-0.2, -0.15) is 4.37 Å². The Balaban J connectivity index is 1.55. The average molecular weight is 298 g/mol. The number of hydrogen-bond acceptors (Lipinski definition) is 5. The fourth-order valence-electron chi connectivity index (χ4n) is 1.45. The van der Waals surface area contributed by atoms with Crippen molar-refractivity contribution in [3.63, 3.8) is 0 Å². The Kier molecular flexibility index (Phi) is 3.72. The molecule has 0 amide bonds. The summed E-state index contributed by atoms with van der Waals surface area (Å²) in [6, 6.07) is 8.47. The van der Waals surface area contributed by atoms with Gasteiger partial charge in [0.25, 0.3) is 0 Å². The molecule has 3 nitrogen and oxygen atoms in total. The third-order valence-electron chi connectivity index (χ3n) is 2.55. The van der Waals surface area contributed by atoms with Crippen LogP contribution in [0.3, 0.4) is 0 Å². The van der Waals surface area contributed by atoms with Crippen molar-refractivity contribution in [3.05, 3.63) is 35.1 Å². The standard InChI is InChI=1S/C12H12ClN3S2/c13-8-1-5-10(6-2-8)17-7-11-15-12(18-16-11)14-9-3-4-9/h1-2,5-6,9H,3-4,7H2,(H,14,15,16). The molecule has 0 aliphatic heterocycles. The molecular formula is C12H12ClN3S2. The van der Waals surface area contributed by atoms with E-state index >= 15 is 0 Å². The average Bonchev–Trinajstić information content (AvgIpc) is 3.07. The zero-order valence-electron chi connectivity index (χ0n) is 9.60. The highest BCUT2D eigenvalue weighted by molar-refractivity contribution is 7.98. The minimum Gasteiger partial charge on any atom is -0.358 e. The van der Waals surface area contributed by atoms with Crippen LogP contribution in [-0.4, -0.2) is 15.4 Å². The van der Waals surface area contributed by atoms with Gasteiger partial charge in [0.1, 0.15) is 0 Å². The highest BCUT2D eigenvalue weighted by Gasteiger charge is 2.22. The first kappa shape index (κ1) is 12.3. The van der Waals surface area contributed by atoms with Gasteiger partial charge in [0.15, 0.2) is 5.82 Å². The van der Waals surface area contributed by atoms with Crippen LogP contribution in [0.1, 0.15) is 18.7 Å². The van der Waals surface area contributed by atoms with Crippen LogP contribution < -0.4 is 5.32 Å². The molecule has 0 spiro atoms. The van der Waals surface area contributed by atoms with Crippen molar-refractivity contribution in [2.75, 3.05) is 5.32 Å². The zero-order chi connectivity index (χ0) is 12.4. The van der Waals surface area contributed by atoms with Gasteiger partial charge < -0.3 is 5.32 Å². The molecule has 1 aliphatic rings. The molecule has 94 valence electrons. The van der Waals surface area contributed by atoms with E-state index in [0.29, 0.717) is 6.04 Å². The summed E-state index contributed by atoms with van der Waals surface area (Å²) >= 11 is 9.02. The third-order valence-corrected chi connectivity index (χ3v) is 4.50. The van der Waals surface area contributed by atoms with E-state index < -0.39 is 0 Å². The molecule has 1 N–H and O–H groups in total. The highest BCUT2D eigenvalue weighted by Crippen LogP contribution is 2.27. The lowest BCUT2D eigenvalue weighted by Gasteiger charge is -1.98. The van der Waals surface area contributed by atoms with E-state index in [4.69, 9.17) is 11.6 Å². The maximum Gasteiger partial charge on any atom is 0.202 e. The van der Waals surface area contributed by atoms with Crippen molar-refractivity contribution in [1.82, 2.24) is 9.36 Å². The Hall–Kier alpha value is -0.780. The lowest BCUT2D eigenvalue weighted by atomic mass is 10.4. The maximum absolute atomic E-state index is 5.85. The predicted molar refractivity (Wildman–Crippen MR) is 77.6 cm³/mol. The number of thioether (sulfide) groups is 1. The summed E-state index contributed by atoms with van der Waals surface area (Å²) in [5.41, 5.74) is 0. The van der Waals surface area contributed by atoms with Gasteiger partial charge in [-0.25, -0.2) is 4.98 Å². The number of anilines is 1. The van der Waals surface area contributed by atoms with Crippen molar-refractivity contribution >= 4 is 40.0 Å². The third kappa shape index (κ3) is 3.37. The molecule has 0 unspecified atom stereocenters. The summed E-state index contributed by atoms with van der Waals surface area (Å²) in [6.07, 6.45) is 2.52. The molecule has 6 heteroatoms. The smallest absolute Gasteiger partial charge is 0.202 e. The monoisotopic (exact) mass is 297 g/mol. The molecule has 0 atom stereocenters. The Morgan fingerprint density at radius 3 is 2.83 bits per heavy atom. The van der Waals surface area contributed by atoms with Crippen LogP contribution in [0.25, 0.3) is 0 Å². The van der Waals surface area contributed by atoms with Crippen molar-refractivity contribution in [3.8, 4) is 0 Å². The van der Waals surface area contributed by atoms with Crippen LogP contribution in [-0.2, 0) is 5.75 Å². The second-order valence-electron chi connectivity index (χ2n) is 4.18. The molecule has 1 aromatic heterocycles. The number of nitrogens with one attached hydrogen (secondary N) is 1. The van der Waals surface area contributed by atoms with Gasteiger partial charge in [-0.05, 0) is 37.1 Å². The van der Waals surface area contributed by atoms with Crippen molar-refractivity contribution in [2.24, 2.45) is 0 Å². The fourth-order valence-corrected chi connectivity index (χ4v) is 3.08. The first-order chi connectivity index (χ1) is 8.79. The van der Waals surface area contributed by atoms with Gasteiger partial charge in [-0.15, -0.1) is 11.8 Å². The number of aromatic nitrogens is 2. The molecule has 1 aliphatic carbocycles. The first-order valence-corrected chi connectivity index (χ1v) is 7.91. The maximum atomic E-state index is 5.85. The van der Waals surface area contributed by atoms with E-state index in [2.05, 4.69) is 14.7 Å². The van der Waals surface area contributed by atoms with Crippen LogP contribution in [0, 0.1) is 0 Å². The van der Waals surface area contributed by atoms with Gasteiger partial charge in [-0.3, -0.25) is 0 Å².